The van der Waals surface area contributed by atoms with E-state index in [0.29, 0.717) is 12.3 Å². The second kappa shape index (κ2) is 9.13. The van der Waals surface area contributed by atoms with Gasteiger partial charge in [-0.3, -0.25) is 9.69 Å². The van der Waals surface area contributed by atoms with Crippen molar-refractivity contribution in [1.29, 1.82) is 0 Å². The summed E-state index contributed by atoms with van der Waals surface area (Å²) in [5.74, 6) is 0.432. The normalized spacial score (nSPS) is 22.8. The molecular weight excluding hydrogens is 384 g/mol. The minimum Gasteiger partial charge on any atom is -0.378 e. The van der Waals surface area contributed by atoms with Gasteiger partial charge < -0.3 is 9.64 Å². The van der Waals surface area contributed by atoms with Gasteiger partial charge in [-0.25, -0.2) is 0 Å². The first-order valence-electron chi connectivity index (χ1n) is 11.6. The third-order valence-electron chi connectivity index (χ3n) is 6.85. The highest BCUT2D eigenvalue weighted by Gasteiger charge is 2.39. The van der Waals surface area contributed by atoms with Crippen LogP contribution in [0.3, 0.4) is 0 Å². The van der Waals surface area contributed by atoms with E-state index in [0.717, 1.165) is 39.1 Å². The van der Waals surface area contributed by atoms with E-state index in [1.807, 2.05) is 0 Å². The topological polar surface area (TPSA) is 32.8 Å². The lowest BCUT2D eigenvalue weighted by atomic mass is 9.84. The molecule has 2 atom stereocenters. The van der Waals surface area contributed by atoms with Crippen molar-refractivity contribution in [2.24, 2.45) is 5.92 Å². The Morgan fingerprint density at radius 2 is 1.61 bits per heavy atom. The van der Waals surface area contributed by atoms with E-state index in [-0.39, 0.29) is 17.4 Å². The van der Waals surface area contributed by atoms with Crippen LogP contribution in [0, 0.1) is 5.92 Å². The number of benzene rings is 2. The summed E-state index contributed by atoms with van der Waals surface area (Å²) < 4.78 is 5.45. The van der Waals surface area contributed by atoms with Gasteiger partial charge >= 0.3 is 0 Å². The molecule has 2 aromatic carbocycles. The van der Waals surface area contributed by atoms with Crippen molar-refractivity contribution in [3.8, 4) is 0 Å². The summed E-state index contributed by atoms with van der Waals surface area (Å²) in [6.45, 7) is 10.8. The molecule has 2 aromatic rings. The number of nitrogens with zero attached hydrogens (tertiary/aromatic N) is 2. The molecule has 0 bridgehead atoms. The van der Waals surface area contributed by atoms with E-state index in [9.17, 15) is 4.79 Å². The number of rotatable bonds is 5. The Morgan fingerprint density at radius 1 is 0.968 bits per heavy atom. The molecule has 4 rings (SSSR count). The lowest BCUT2D eigenvalue weighted by Crippen LogP contribution is -2.36. The third kappa shape index (κ3) is 5.02. The zero-order valence-electron chi connectivity index (χ0n) is 19.4. The summed E-state index contributed by atoms with van der Waals surface area (Å²) in [6, 6.07) is 18.0. The Hall–Kier alpha value is -2.17. The van der Waals surface area contributed by atoms with Crippen LogP contribution in [0.1, 0.15) is 49.9 Å². The van der Waals surface area contributed by atoms with Crippen molar-refractivity contribution in [2.45, 2.75) is 45.1 Å². The molecule has 4 heteroatoms. The molecule has 0 spiro atoms. The van der Waals surface area contributed by atoms with E-state index >= 15 is 0 Å². The summed E-state index contributed by atoms with van der Waals surface area (Å²) in [7, 11) is 2.08. The van der Waals surface area contributed by atoms with Gasteiger partial charge in [-0.1, -0.05) is 57.2 Å². The Balaban J connectivity index is 1.43. The van der Waals surface area contributed by atoms with Crippen LogP contribution in [0.25, 0.3) is 0 Å². The number of Topliss-reactive ketones (excluding diaryl/α,β-unsaturated/α-hetero) is 1. The Kier molecular flexibility index (Phi) is 6.49. The fraction of sp³-hybridized carbons (Fsp3) is 0.519. The Labute approximate surface area is 187 Å². The van der Waals surface area contributed by atoms with Gasteiger partial charge in [-0.2, -0.15) is 0 Å². The SMILES string of the molecule is CN1CC(=O)C(CCc2ccc(N3CCOCC3)cc2)C1c1ccc(C(C)(C)C)cc1. The number of aryl methyl sites for hydroxylation is 1. The van der Waals surface area contributed by atoms with Gasteiger partial charge in [-0.05, 0) is 54.1 Å². The maximum absolute atomic E-state index is 12.8. The van der Waals surface area contributed by atoms with Gasteiger partial charge in [0.25, 0.3) is 0 Å². The minimum atomic E-state index is 0.0596. The third-order valence-corrected chi connectivity index (χ3v) is 6.85. The van der Waals surface area contributed by atoms with Crippen molar-refractivity contribution >= 4 is 11.5 Å². The lowest BCUT2D eigenvalue weighted by molar-refractivity contribution is -0.120. The monoisotopic (exact) mass is 420 g/mol. The van der Waals surface area contributed by atoms with Crippen LogP contribution >= 0.6 is 0 Å². The summed E-state index contributed by atoms with van der Waals surface area (Å²) in [6.07, 6.45) is 1.83. The van der Waals surface area contributed by atoms with E-state index in [1.165, 1.54) is 22.4 Å². The molecule has 2 aliphatic heterocycles. The number of anilines is 1. The molecule has 0 N–H and O–H groups in total. The van der Waals surface area contributed by atoms with E-state index in [1.54, 1.807) is 0 Å². The largest absolute Gasteiger partial charge is 0.378 e. The van der Waals surface area contributed by atoms with Crippen molar-refractivity contribution in [1.82, 2.24) is 4.90 Å². The van der Waals surface area contributed by atoms with Crippen molar-refractivity contribution in [2.75, 3.05) is 44.8 Å². The predicted molar refractivity (Wildman–Crippen MR) is 127 cm³/mol. The Morgan fingerprint density at radius 3 is 2.23 bits per heavy atom. The van der Waals surface area contributed by atoms with Crippen LogP contribution in [0.5, 0.6) is 0 Å². The first kappa shape index (κ1) is 22.0. The average molecular weight is 421 g/mol. The van der Waals surface area contributed by atoms with Crippen LogP contribution in [-0.2, 0) is 21.4 Å². The molecule has 2 saturated heterocycles. The fourth-order valence-electron chi connectivity index (χ4n) is 4.95. The van der Waals surface area contributed by atoms with Gasteiger partial charge in [0, 0.05) is 30.7 Å². The van der Waals surface area contributed by atoms with Gasteiger partial charge in [0.15, 0.2) is 5.78 Å². The molecular formula is C27H36N2O2. The van der Waals surface area contributed by atoms with Crippen LogP contribution < -0.4 is 4.90 Å². The molecule has 0 aliphatic carbocycles. The fourth-order valence-corrected chi connectivity index (χ4v) is 4.95. The number of ether oxygens (including phenoxy) is 1. The molecule has 0 amide bonds. The van der Waals surface area contributed by atoms with Crippen LogP contribution in [0.4, 0.5) is 5.69 Å². The zero-order chi connectivity index (χ0) is 22.0. The first-order chi connectivity index (χ1) is 14.8. The van der Waals surface area contributed by atoms with E-state index in [4.69, 9.17) is 4.74 Å². The molecule has 0 aromatic heterocycles. The highest BCUT2D eigenvalue weighted by atomic mass is 16.5. The average Bonchev–Trinajstić information content (AvgIpc) is 3.05. The smallest absolute Gasteiger partial charge is 0.151 e. The molecule has 2 unspecified atom stereocenters. The predicted octanol–water partition coefficient (Wildman–Crippen LogP) is 4.63. The quantitative estimate of drug-likeness (QED) is 0.706. The van der Waals surface area contributed by atoms with Crippen LogP contribution in [0.2, 0.25) is 0 Å². The highest BCUT2D eigenvalue weighted by Crippen LogP contribution is 2.37. The number of morpholine rings is 1. The highest BCUT2D eigenvalue weighted by molar-refractivity contribution is 5.86. The molecule has 4 nitrogen and oxygen atoms in total. The zero-order valence-corrected chi connectivity index (χ0v) is 19.4. The van der Waals surface area contributed by atoms with Crippen molar-refractivity contribution in [3.63, 3.8) is 0 Å². The number of likely N-dealkylation sites (tertiary alicyclic amines) is 1. The number of carbonyl (C=O) groups excluding carboxylic acids is 1. The summed E-state index contributed by atoms with van der Waals surface area (Å²) in [5.41, 5.74) is 5.30. The Bertz CT molecular complexity index is 877. The number of hydrogen-bond donors (Lipinski definition) is 0. The van der Waals surface area contributed by atoms with Crippen LogP contribution in [0.15, 0.2) is 48.5 Å². The lowest BCUT2D eigenvalue weighted by Gasteiger charge is -2.29. The van der Waals surface area contributed by atoms with Gasteiger partial charge in [0.05, 0.1) is 19.8 Å². The molecule has 2 fully saturated rings. The maximum atomic E-state index is 12.8. The summed E-state index contributed by atoms with van der Waals surface area (Å²) in [4.78, 5) is 17.4. The van der Waals surface area contributed by atoms with Gasteiger partial charge in [-0.15, -0.1) is 0 Å². The second-order valence-electron chi connectivity index (χ2n) is 10.1. The van der Waals surface area contributed by atoms with Crippen molar-refractivity contribution in [3.05, 3.63) is 65.2 Å². The number of likely N-dealkylation sites (N-methyl/N-ethyl adjacent to an activating group) is 1. The molecule has 0 radical (unpaired) electrons. The minimum absolute atomic E-state index is 0.0596. The maximum Gasteiger partial charge on any atom is 0.151 e. The summed E-state index contributed by atoms with van der Waals surface area (Å²) in [5, 5.41) is 0. The molecule has 31 heavy (non-hydrogen) atoms. The summed E-state index contributed by atoms with van der Waals surface area (Å²) >= 11 is 0. The standard InChI is InChI=1S/C27H36N2O2/c1-27(2,3)22-10-8-21(9-11-22)26-24(25(30)19-28(26)4)14-7-20-5-12-23(13-6-20)29-15-17-31-18-16-29/h5-6,8-13,24,26H,7,14-19H2,1-4H3. The molecule has 2 aliphatic rings. The molecule has 166 valence electrons. The second-order valence-corrected chi connectivity index (χ2v) is 10.1. The first-order valence-corrected chi connectivity index (χ1v) is 11.6. The number of hydrogen-bond acceptors (Lipinski definition) is 4. The van der Waals surface area contributed by atoms with Gasteiger partial charge in [0.2, 0.25) is 0 Å². The molecule has 2 heterocycles. The number of ketones is 1. The van der Waals surface area contributed by atoms with E-state index in [2.05, 4.69) is 86.1 Å². The number of carbonyl (C=O) groups is 1. The van der Waals surface area contributed by atoms with Crippen LogP contribution in [-0.4, -0.2) is 50.6 Å². The van der Waals surface area contributed by atoms with Gasteiger partial charge in [0.1, 0.15) is 0 Å². The van der Waals surface area contributed by atoms with Crippen molar-refractivity contribution < 1.29 is 9.53 Å². The van der Waals surface area contributed by atoms with E-state index < -0.39 is 0 Å². The molecule has 0 saturated carbocycles.